The van der Waals surface area contributed by atoms with Crippen molar-refractivity contribution in [2.45, 2.75) is 142 Å². The van der Waals surface area contributed by atoms with E-state index in [9.17, 15) is 4.79 Å². The molecule has 1 amide bonds. The molecule has 0 fully saturated rings. The summed E-state index contributed by atoms with van der Waals surface area (Å²) in [7, 11) is 0. The second kappa shape index (κ2) is 18.2. The summed E-state index contributed by atoms with van der Waals surface area (Å²) in [5.41, 5.74) is 2.48. The van der Waals surface area contributed by atoms with Crippen molar-refractivity contribution >= 4 is 11.6 Å². The number of unbranched alkanes of at least 4 members (excludes halogenated alkanes) is 18. The highest BCUT2D eigenvalue weighted by Gasteiger charge is 2.23. The van der Waals surface area contributed by atoms with Gasteiger partial charge in [-0.1, -0.05) is 141 Å². The van der Waals surface area contributed by atoms with E-state index in [1.807, 2.05) is 11.0 Å². The van der Waals surface area contributed by atoms with Gasteiger partial charge in [-0.15, -0.1) is 0 Å². The third kappa shape index (κ3) is 11.5. The standard InChI is InChI=1S/C30H51NO/c1-2-3-4-5-6-7-8-9-10-11-12-13-14-15-16-17-18-19-20-25-30(32)31-27-26-28-23-21-22-24-29(28)31/h21-24H,2-20,25-27H2,1H3. The van der Waals surface area contributed by atoms with Gasteiger partial charge in [-0.25, -0.2) is 0 Å². The van der Waals surface area contributed by atoms with Crippen molar-refractivity contribution in [3.05, 3.63) is 29.8 Å². The molecule has 2 nitrogen and oxygen atoms in total. The molecule has 182 valence electrons. The third-order valence-corrected chi connectivity index (χ3v) is 7.18. The molecule has 0 saturated carbocycles. The van der Waals surface area contributed by atoms with E-state index in [1.165, 1.54) is 121 Å². The van der Waals surface area contributed by atoms with E-state index in [-0.39, 0.29) is 0 Å². The normalized spacial score (nSPS) is 13.0. The fraction of sp³-hybridized carbons (Fsp3) is 0.767. The molecule has 0 saturated heterocycles. The zero-order chi connectivity index (χ0) is 22.7. The molecule has 1 aromatic carbocycles. The van der Waals surface area contributed by atoms with Gasteiger partial charge < -0.3 is 4.90 Å². The van der Waals surface area contributed by atoms with Crippen molar-refractivity contribution in [2.75, 3.05) is 11.4 Å². The van der Waals surface area contributed by atoms with Crippen LogP contribution in [0.4, 0.5) is 5.69 Å². The molecule has 0 unspecified atom stereocenters. The number of nitrogens with zero attached hydrogens (tertiary/aromatic N) is 1. The van der Waals surface area contributed by atoms with Gasteiger partial charge in [-0.3, -0.25) is 4.79 Å². The number of rotatable bonds is 20. The summed E-state index contributed by atoms with van der Waals surface area (Å²) in [6.07, 6.45) is 28.2. The Morgan fingerprint density at radius 3 is 1.59 bits per heavy atom. The van der Waals surface area contributed by atoms with Gasteiger partial charge in [0.25, 0.3) is 0 Å². The van der Waals surface area contributed by atoms with Crippen LogP contribution in [0.3, 0.4) is 0 Å². The Balaban J connectivity index is 1.29. The van der Waals surface area contributed by atoms with Gasteiger partial charge in [0.1, 0.15) is 0 Å². The molecular weight excluding hydrogens is 390 g/mol. The summed E-state index contributed by atoms with van der Waals surface area (Å²) in [6, 6.07) is 8.36. The first-order valence-electron chi connectivity index (χ1n) is 14.2. The molecule has 2 heteroatoms. The second-order valence-electron chi connectivity index (χ2n) is 10.0. The number of carbonyl (C=O) groups is 1. The molecule has 0 aliphatic carbocycles. The Kier molecular flexibility index (Phi) is 15.3. The lowest BCUT2D eigenvalue weighted by molar-refractivity contribution is -0.118. The van der Waals surface area contributed by atoms with Crippen molar-refractivity contribution in [3.63, 3.8) is 0 Å². The lowest BCUT2D eigenvalue weighted by atomic mass is 10.0. The van der Waals surface area contributed by atoms with Crippen LogP contribution in [0.1, 0.15) is 141 Å². The van der Waals surface area contributed by atoms with Crippen molar-refractivity contribution in [1.29, 1.82) is 0 Å². The molecule has 0 N–H and O–H groups in total. The van der Waals surface area contributed by atoms with Crippen LogP contribution in [0, 0.1) is 0 Å². The molecule has 0 aromatic heterocycles. The van der Waals surface area contributed by atoms with Crippen molar-refractivity contribution in [3.8, 4) is 0 Å². The first kappa shape index (κ1) is 26.9. The summed E-state index contributed by atoms with van der Waals surface area (Å²) < 4.78 is 0. The van der Waals surface area contributed by atoms with Crippen LogP contribution in [-0.4, -0.2) is 12.5 Å². The van der Waals surface area contributed by atoms with Gasteiger partial charge in [0.2, 0.25) is 5.91 Å². The van der Waals surface area contributed by atoms with Crippen LogP contribution in [0.2, 0.25) is 0 Å². The van der Waals surface area contributed by atoms with Gasteiger partial charge in [0, 0.05) is 18.7 Å². The summed E-state index contributed by atoms with van der Waals surface area (Å²) in [4.78, 5) is 14.5. The Bertz CT molecular complexity index is 596. The summed E-state index contributed by atoms with van der Waals surface area (Å²) in [6.45, 7) is 3.17. The van der Waals surface area contributed by atoms with Crippen LogP contribution < -0.4 is 4.90 Å². The highest BCUT2D eigenvalue weighted by molar-refractivity contribution is 5.95. The maximum Gasteiger partial charge on any atom is 0.226 e. The van der Waals surface area contributed by atoms with Gasteiger partial charge >= 0.3 is 0 Å². The van der Waals surface area contributed by atoms with E-state index >= 15 is 0 Å². The lowest BCUT2D eigenvalue weighted by Gasteiger charge is -2.17. The average Bonchev–Trinajstić information content (AvgIpc) is 3.25. The van der Waals surface area contributed by atoms with Crippen LogP contribution >= 0.6 is 0 Å². The van der Waals surface area contributed by atoms with E-state index in [0.29, 0.717) is 12.3 Å². The molecular formula is C30H51NO. The van der Waals surface area contributed by atoms with E-state index in [0.717, 1.165) is 25.1 Å². The minimum atomic E-state index is 0.321. The summed E-state index contributed by atoms with van der Waals surface area (Å²) >= 11 is 0. The molecule has 32 heavy (non-hydrogen) atoms. The fourth-order valence-electron chi connectivity index (χ4n) is 5.09. The number of hydrogen-bond donors (Lipinski definition) is 0. The molecule has 1 aliphatic heterocycles. The number of carbonyl (C=O) groups excluding carboxylic acids is 1. The van der Waals surface area contributed by atoms with Gasteiger partial charge in [0.05, 0.1) is 0 Å². The SMILES string of the molecule is CCCCCCCCCCCCCCCCCCCCCC(=O)N1CCc2ccccc21. The largest absolute Gasteiger partial charge is 0.312 e. The minimum Gasteiger partial charge on any atom is -0.312 e. The van der Waals surface area contributed by atoms with Crippen LogP contribution in [0.15, 0.2) is 24.3 Å². The monoisotopic (exact) mass is 441 g/mol. The van der Waals surface area contributed by atoms with E-state index in [1.54, 1.807) is 0 Å². The smallest absolute Gasteiger partial charge is 0.226 e. The molecule has 2 rings (SSSR count). The predicted octanol–water partition coefficient (Wildman–Crippen LogP) is 9.40. The fourth-order valence-corrected chi connectivity index (χ4v) is 5.09. The number of para-hydroxylation sites is 1. The molecule has 0 spiro atoms. The van der Waals surface area contributed by atoms with Crippen molar-refractivity contribution in [1.82, 2.24) is 0 Å². The van der Waals surface area contributed by atoms with E-state index < -0.39 is 0 Å². The maximum absolute atomic E-state index is 12.5. The first-order chi connectivity index (χ1) is 15.8. The van der Waals surface area contributed by atoms with Crippen LogP contribution in [-0.2, 0) is 11.2 Å². The van der Waals surface area contributed by atoms with Crippen molar-refractivity contribution in [2.24, 2.45) is 0 Å². The Morgan fingerprint density at radius 2 is 1.09 bits per heavy atom. The summed E-state index contributed by atoms with van der Waals surface area (Å²) in [5, 5.41) is 0. The minimum absolute atomic E-state index is 0.321. The number of fused-ring (bicyclic) bond motifs is 1. The zero-order valence-electron chi connectivity index (χ0n) is 21.2. The predicted molar refractivity (Wildman–Crippen MR) is 141 cm³/mol. The van der Waals surface area contributed by atoms with E-state index in [4.69, 9.17) is 0 Å². The Morgan fingerprint density at radius 1 is 0.656 bits per heavy atom. The second-order valence-corrected chi connectivity index (χ2v) is 10.0. The average molecular weight is 442 g/mol. The van der Waals surface area contributed by atoms with Crippen LogP contribution in [0.25, 0.3) is 0 Å². The Hall–Kier alpha value is -1.31. The molecule has 1 heterocycles. The highest BCUT2D eigenvalue weighted by Crippen LogP contribution is 2.28. The third-order valence-electron chi connectivity index (χ3n) is 7.18. The molecule has 1 aromatic rings. The number of benzene rings is 1. The number of amides is 1. The van der Waals surface area contributed by atoms with Gasteiger partial charge in [0.15, 0.2) is 0 Å². The topological polar surface area (TPSA) is 20.3 Å². The number of anilines is 1. The van der Waals surface area contributed by atoms with Crippen LogP contribution in [0.5, 0.6) is 0 Å². The van der Waals surface area contributed by atoms with Crippen molar-refractivity contribution < 1.29 is 4.79 Å². The quantitative estimate of drug-likeness (QED) is 0.184. The van der Waals surface area contributed by atoms with E-state index in [2.05, 4.69) is 25.1 Å². The highest BCUT2D eigenvalue weighted by atomic mass is 16.2. The molecule has 0 radical (unpaired) electrons. The zero-order valence-corrected chi connectivity index (χ0v) is 21.2. The van der Waals surface area contributed by atoms with Gasteiger partial charge in [-0.05, 0) is 24.5 Å². The maximum atomic E-state index is 12.5. The molecule has 0 bridgehead atoms. The molecule has 0 atom stereocenters. The first-order valence-corrected chi connectivity index (χ1v) is 14.2. The summed E-state index contributed by atoms with van der Waals surface area (Å²) in [5.74, 6) is 0.321. The Labute approximate surface area is 199 Å². The van der Waals surface area contributed by atoms with Gasteiger partial charge in [-0.2, -0.15) is 0 Å². The number of hydrogen-bond acceptors (Lipinski definition) is 1. The lowest BCUT2D eigenvalue weighted by Crippen LogP contribution is -2.28. The molecule has 1 aliphatic rings.